The van der Waals surface area contributed by atoms with Gasteiger partial charge in [0.05, 0.1) is 24.9 Å². The van der Waals surface area contributed by atoms with Gasteiger partial charge in [0.2, 0.25) is 0 Å². The van der Waals surface area contributed by atoms with Crippen LogP contribution in [0.1, 0.15) is 17.3 Å². The molecule has 1 fully saturated rings. The summed E-state index contributed by atoms with van der Waals surface area (Å²) < 4.78 is 19.0. The van der Waals surface area contributed by atoms with Crippen LogP contribution in [0.5, 0.6) is 0 Å². The number of aliphatic hydroxyl groups is 1. The highest BCUT2D eigenvalue weighted by atomic mass is 19.1. The fraction of sp³-hybridized carbons (Fsp3) is 0.533. The highest BCUT2D eigenvalue weighted by Gasteiger charge is 2.25. The lowest BCUT2D eigenvalue weighted by molar-refractivity contribution is -0.0548. The van der Waals surface area contributed by atoms with Crippen LogP contribution < -0.4 is 0 Å². The third-order valence-electron chi connectivity index (χ3n) is 3.55. The summed E-state index contributed by atoms with van der Waals surface area (Å²) in [5.41, 5.74) is 0.145. The molecule has 0 spiro atoms. The van der Waals surface area contributed by atoms with E-state index in [1.807, 2.05) is 0 Å². The first-order valence-electron chi connectivity index (χ1n) is 6.85. The molecule has 1 N–H and O–H groups in total. The summed E-state index contributed by atoms with van der Waals surface area (Å²) in [5, 5.41) is 9.10. The van der Waals surface area contributed by atoms with Crippen LogP contribution in [0.15, 0.2) is 24.3 Å². The minimum atomic E-state index is -0.473. The molecule has 2 unspecified atom stereocenters. The van der Waals surface area contributed by atoms with Gasteiger partial charge >= 0.3 is 0 Å². The van der Waals surface area contributed by atoms with Crippen LogP contribution in [0.3, 0.4) is 0 Å². The first-order chi connectivity index (χ1) is 9.61. The molecule has 2 rings (SSSR count). The van der Waals surface area contributed by atoms with E-state index in [0.29, 0.717) is 19.7 Å². The predicted molar refractivity (Wildman–Crippen MR) is 73.2 cm³/mol. The van der Waals surface area contributed by atoms with E-state index in [1.54, 1.807) is 19.1 Å². The molecule has 4 nitrogen and oxygen atoms in total. The number of Topliss-reactive ketones (excluding diaryl/α,β-unsaturated/α-hetero) is 1. The van der Waals surface area contributed by atoms with E-state index in [9.17, 15) is 9.18 Å². The Kier molecular flexibility index (Phi) is 5.23. The lowest BCUT2D eigenvalue weighted by atomic mass is 9.98. The molecular weight excluding hydrogens is 261 g/mol. The van der Waals surface area contributed by atoms with Crippen molar-refractivity contribution >= 4 is 5.78 Å². The van der Waals surface area contributed by atoms with Crippen LogP contribution in [-0.4, -0.2) is 54.7 Å². The Morgan fingerprint density at radius 3 is 3.00 bits per heavy atom. The summed E-state index contributed by atoms with van der Waals surface area (Å²) in [6, 6.07) is 6.06. The zero-order valence-corrected chi connectivity index (χ0v) is 11.6. The number of aliphatic hydroxyl groups excluding tert-OH is 1. The first-order valence-corrected chi connectivity index (χ1v) is 6.85. The Hall–Kier alpha value is -1.30. The number of hydrogen-bond acceptors (Lipinski definition) is 4. The first kappa shape index (κ1) is 15.1. The van der Waals surface area contributed by atoms with Gasteiger partial charge < -0.3 is 9.84 Å². The maximum absolute atomic E-state index is 13.6. The Morgan fingerprint density at radius 2 is 2.30 bits per heavy atom. The highest BCUT2D eigenvalue weighted by Crippen LogP contribution is 2.15. The smallest absolute Gasteiger partial charge is 0.169 e. The predicted octanol–water partition coefficient (Wildman–Crippen LogP) is 1.34. The minimum Gasteiger partial charge on any atom is -0.394 e. The number of benzene rings is 1. The zero-order valence-electron chi connectivity index (χ0n) is 11.6. The second kappa shape index (κ2) is 6.92. The number of nitrogens with zero attached hydrogens (tertiary/aromatic N) is 1. The summed E-state index contributed by atoms with van der Waals surface area (Å²) in [6.45, 7) is 4.21. The van der Waals surface area contributed by atoms with Crippen molar-refractivity contribution in [2.45, 2.75) is 13.0 Å². The quantitative estimate of drug-likeness (QED) is 0.827. The molecule has 1 aromatic carbocycles. The number of morpholine rings is 1. The van der Waals surface area contributed by atoms with Crippen molar-refractivity contribution in [3.8, 4) is 0 Å². The van der Waals surface area contributed by atoms with Crippen molar-refractivity contribution in [3.63, 3.8) is 0 Å². The van der Waals surface area contributed by atoms with Gasteiger partial charge in [0.15, 0.2) is 5.78 Å². The lowest BCUT2D eigenvalue weighted by Crippen LogP contribution is -2.46. The van der Waals surface area contributed by atoms with Gasteiger partial charge in [-0.05, 0) is 12.1 Å². The summed E-state index contributed by atoms with van der Waals surface area (Å²) in [4.78, 5) is 14.3. The Bertz CT molecular complexity index is 466. The normalized spacial score (nSPS) is 21.6. The van der Waals surface area contributed by atoms with Gasteiger partial charge in [0.25, 0.3) is 0 Å². The minimum absolute atomic E-state index is 0.0217. The van der Waals surface area contributed by atoms with E-state index in [-0.39, 0.29) is 30.0 Å². The van der Waals surface area contributed by atoms with Gasteiger partial charge in [-0.1, -0.05) is 19.1 Å². The number of halogens is 1. The van der Waals surface area contributed by atoms with E-state index in [1.165, 1.54) is 12.1 Å². The van der Waals surface area contributed by atoms with Crippen molar-refractivity contribution in [1.29, 1.82) is 0 Å². The van der Waals surface area contributed by atoms with E-state index >= 15 is 0 Å². The van der Waals surface area contributed by atoms with Crippen molar-refractivity contribution < 1.29 is 19.0 Å². The molecule has 5 heteroatoms. The second-order valence-corrected chi connectivity index (χ2v) is 5.18. The molecule has 1 aliphatic heterocycles. The molecule has 0 aliphatic carbocycles. The SMILES string of the molecule is CC(CN1CCOC(CO)C1)C(=O)c1ccccc1F. The molecule has 1 aliphatic rings. The van der Waals surface area contributed by atoms with Crippen molar-refractivity contribution in [3.05, 3.63) is 35.6 Å². The van der Waals surface area contributed by atoms with E-state index in [4.69, 9.17) is 9.84 Å². The molecule has 110 valence electrons. The van der Waals surface area contributed by atoms with Gasteiger partial charge in [0, 0.05) is 25.6 Å². The lowest BCUT2D eigenvalue weighted by Gasteiger charge is -2.33. The maximum Gasteiger partial charge on any atom is 0.169 e. The van der Waals surface area contributed by atoms with Crippen LogP contribution in [-0.2, 0) is 4.74 Å². The van der Waals surface area contributed by atoms with Crippen LogP contribution >= 0.6 is 0 Å². The van der Waals surface area contributed by atoms with E-state index < -0.39 is 5.82 Å². The fourth-order valence-electron chi connectivity index (χ4n) is 2.45. The standard InChI is InChI=1S/C15H20FNO3/c1-11(8-17-6-7-20-12(9-17)10-18)15(19)13-4-2-3-5-14(13)16/h2-5,11-12,18H,6-10H2,1H3. The van der Waals surface area contributed by atoms with Gasteiger partial charge in [-0.15, -0.1) is 0 Å². The van der Waals surface area contributed by atoms with Crippen LogP contribution in [0.4, 0.5) is 4.39 Å². The summed E-state index contributed by atoms with van der Waals surface area (Å²) >= 11 is 0. The molecule has 0 bridgehead atoms. The Balaban J connectivity index is 1.96. The van der Waals surface area contributed by atoms with Crippen molar-refractivity contribution in [1.82, 2.24) is 4.90 Å². The summed E-state index contributed by atoms with van der Waals surface area (Å²) in [5.74, 6) is -0.945. The van der Waals surface area contributed by atoms with Crippen molar-refractivity contribution in [2.75, 3.05) is 32.8 Å². The number of carbonyl (C=O) groups is 1. The van der Waals surface area contributed by atoms with Gasteiger partial charge in [0.1, 0.15) is 5.82 Å². The molecule has 1 heterocycles. The topological polar surface area (TPSA) is 49.8 Å². The van der Waals surface area contributed by atoms with Crippen LogP contribution in [0.25, 0.3) is 0 Å². The Labute approximate surface area is 118 Å². The van der Waals surface area contributed by atoms with Gasteiger partial charge in [-0.3, -0.25) is 9.69 Å². The molecule has 1 aromatic rings. The second-order valence-electron chi connectivity index (χ2n) is 5.18. The number of rotatable bonds is 5. The molecule has 0 radical (unpaired) electrons. The fourth-order valence-corrected chi connectivity index (χ4v) is 2.45. The molecule has 0 amide bonds. The number of hydrogen-bond donors (Lipinski definition) is 1. The molecule has 0 aromatic heterocycles. The maximum atomic E-state index is 13.6. The Morgan fingerprint density at radius 1 is 1.55 bits per heavy atom. The van der Waals surface area contributed by atoms with Gasteiger partial charge in [-0.2, -0.15) is 0 Å². The zero-order chi connectivity index (χ0) is 14.5. The summed E-state index contributed by atoms with van der Waals surface area (Å²) in [6.07, 6.45) is -0.195. The molecule has 2 atom stereocenters. The van der Waals surface area contributed by atoms with E-state index in [2.05, 4.69) is 4.90 Å². The third-order valence-corrected chi connectivity index (χ3v) is 3.55. The number of carbonyl (C=O) groups excluding carboxylic acids is 1. The van der Waals surface area contributed by atoms with Gasteiger partial charge in [-0.25, -0.2) is 4.39 Å². The van der Waals surface area contributed by atoms with Crippen LogP contribution in [0, 0.1) is 11.7 Å². The van der Waals surface area contributed by atoms with Crippen molar-refractivity contribution in [2.24, 2.45) is 5.92 Å². The van der Waals surface area contributed by atoms with E-state index in [0.717, 1.165) is 6.54 Å². The monoisotopic (exact) mass is 281 g/mol. The molecule has 0 saturated carbocycles. The third kappa shape index (κ3) is 3.62. The largest absolute Gasteiger partial charge is 0.394 e. The highest BCUT2D eigenvalue weighted by molar-refractivity contribution is 5.98. The number of ether oxygens (including phenoxy) is 1. The number of ketones is 1. The van der Waals surface area contributed by atoms with Crippen LogP contribution in [0.2, 0.25) is 0 Å². The average molecular weight is 281 g/mol. The average Bonchev–Trinajstić information content (AvgIpc) is 2.47. The summed E-state index contributed by atoms with van der Waals surface area (Å²) in [7, 11) is 0. The molecule has 20 heavy (non-hydrogen) atoms. The molecule has 1 saturated heterocycles. The molecular formula is C15H20FNO3.